The van der Waals surface area contributed by atoms with E-state index in [1.54, 1.807) is 6.92 Å². The van der Waals surface area contributed by atoms with Crippen LogP contribution in [0.2, 0.25) is 0 Å². The molecule has 5 unspecified atom stereocenters. The van der Waals surface area contributed by atoms with E-state index in [0.29, 0.717) is 19.4 Å². The normalized spacial score (nSPS) is 19.1. The molecule has 0 aromatic rings. The lowest BCUT2D eigenvalue weighted by Gasteiger charge is -2.27. The zero-order chi connectivity index (χ0) is 25.8. The minimum Gasteiger partial charge on any atom is -0.463 e. The first-order valence-corrected chi connectivity index (χ1v) is 11.6. The van der Waals surface area contributed by atoms with Crippen LogP contribution < -0.4 is 21.3 Å². The molecule has 5 N–H and O–H groups in total. The predicted octanol–water partition coefficient (Wildman–Crippen LogP) is -0.467. The van der Waals surface area contributed by atoms with Crippen LogP contribution in [0.5, 0.6) is 0 Å². The van der Waals surface area contributed by atoms with Gasteiger partial charge in [0.25, 0.3) is 0 Å². The SMILES string of the molecule is CCOC(=O)/C=C/C(CC1CCNC1=O)NC(=O)C(CC(C)C)NC(=O)C(NC(C)=O)C(C)O. The average Bonchev–Trinajstić information content (AvgIpc) is 3.13. The molecule has 0 bridgehead atoms. The van der Waals surface area contributed by atoms with Crippen LogP contribution in [0.25, 0.3) is 0 Å². The van der Waals surface area contributed by atoms with Crippen molar-refractivity contribution >= 4 is 29.6 Å². The van der Waals surface area contributed by atoms with Crippen LogP contribution in [0.1, 0.15) is 53.9 Å². The molecule has 4 amide bonds. The zero-order valence-corrected chi connectivity index (χ0v) is 20.6. The molecule has 1 aliphatic heterocycles. The summed E-state index contributed by atoms with van der Waals surface area (Å²) in [5, 5.41) is 20.4. The van der Waals surface area contributed by atoms with Crippen LogP contribution in [0.15, 0.2) is 12.2 Å². The van der Waals surface area contributed by atoms with E-state index >= 15 is 0 Å². The summed E-state index contributed by atoms with van der Waals surface area (Å²) in [6, 6.07) is -2.83. The van der Waals surface area contributed by atoms with E-state index in [-0.39, 0.29) is 30.8 Å². The third-order valence-corrected chi connectivity index (χ3v) is 5.24. The van der Waals surface area contributed by atoms with Crippen LogP contribution in [0.3, 0.4) is 0 Å². The molecule has 0 spiro atoms. The van der Waals surface area contributed by atoms with Crippen molar-refractivity contribution in [3.63, 3.8) is 0 Å². The highest BCUT2D eigenvalue weighted by Gasteiger charge is 2.32. The zero-order valence-electron chi connectivity index (χ0n) is 20.6. The van der Waals surface area contributed by atoms with Crippen molar-refractivity contribution in [2.24, 2.45) is 11.8 Å². The molecule has 1 saturated heterocycles. The fourth-order valence-corrected chi connectivity index (χ4v) is 3.62. The number of ether oxygens (including phenoxy) is 1. The maximum absolute atomic E-state index is 13.1. The predicted molar refractivity (Wildman–Crippen MR) is 124 cm³/mol. The number of rotatable bonds is 13. The first-order valence-electron chi connectivity index (χ1n) is 11.6. The van der Waals surface area contributed by atoms with Crippen molar-refractivity contribution in [3.05, 3.63) is 12.2 Å². The number of hydrogen-bond acceptors (Lipinski definition) is 7. The Balaban J connectivity index is 3.02. The molecule has 34 heavy (non-hydrogen) atoms. The van der Waals surface area contributed by atoms with Crippen LogP contribution in [0.4, 0.5) is 0 Å². The van der Waals surface area contributed by atoms with Gasteiger partial charge >= 0.3 is 5.97 Å². The highest BCUT2D eigenvalue weighted by atomic mass is 16.5. The molecule has 5 atom stereocenters. The van der Waals surface area contributed by atoms with Crippen molar-refractivity contribution in [1.82, 2.24) is 21.3 Å². The maximum Gasteiger partial charge on any atom is 0.330 e. The molecule has 1 rings (SSSR count). The van der Waals surface area contributed by atoms with E-state index in [2.05, 4.69) is 21.3 Å². The number of carbonyl (C=O) groups excluding carboxylic acids is 5. The Morgan fingerprint density at radius 3 is 2.32 bits per heavy atom. The molecule has 0 aliphatic carbocycles. The van der Waals surface area contributed by atoms with Crippen molar-refractivity contribution in [2.75, 3.05) is 13.2 Å². The number of carbonyl (C=O) groups is 5. The van der Waals surface area contributed by atoms with Gasteiger partial charge in [-0.2, -0.15) is 0 Å². The van der Waals surface area contributed by atoms with Crippen LogP contribution in [0, 0.1) is 11.8 Å². The molecule has 0 radical (unpaired) electrons. The molecule has 192 valence electrons. The molecule has 0 saturated carbocycles. The van der Waals surface area contributed by atoms with Gasteiger partial charge in [0.1, 0.15) is 12.1 Å². The van der Waals surface area contributed by atoms with Crippen molar-refractivity contribution in [2.45, 2.75) is 78.1 Å². The van der Waals surface area contributed by atoms with Gasteiger partial charge < -0.3 is 31.1 Å². The van der Waals surface area contributed by atoms with Crippen LogP contribution in [-0.4, -0.2) is 72.1 Å². The van der Waals surface area contributed by atoms with Gasteiger partial charge in [-0.3, -0.25) is 19.2 Å². The Kier molecular flexibility index (Phi) is 12.3. The van der Waals surface area contributed by atoms with Crippen molar-refractivity contribution in [3.8, 4) is 0 Å². The number of aliphatic hydroxyl groups excluding tert-OH is 1. The molecular formula is C23H38N4O7. The van der Waals surface area contributed by atoms with E-state index in [4.69, 9.17) is 4.74 Å². The molecule has 0 aromatic carbocycles. The van der Waals surface area contributed by atoms with E-state index < -0.39 is 47.9 Å². The smallest absolute Gasteiger partial charge is 0.330 e. The van der Waals surface area contributed by atoms with Gasteiger partial charge in [-0.25, -0.2) is 4.79 Å². The highest BCUT2D eigenvalue weighted by molar-refractivity contribution is 5.92. The Morgan fingerprint density at radius 2 is 1.82 bits per heavy atom. The minimum atomic E-state index is -1.22. The van der Waals surface area contributed by atoms with Gasteiger partial charge in [0.2, 0.25) is 23.6 Å². The first kappa shape index (κ1) is 29.1. The summed E-state index contributed by atoms with van der Waals surface area (Å²) in [4.78, 5) is 61.1. The second-order valence-corrected chi connectivity index (χ2v) is 8.85. The van der Waals surface area contributed by atoms with E-state index in [1.165, 1.54) is 26.0 Å². The summed E-state index contributed by atoms with van der Waals surface area (Å²) in [6.45, 7) is 8.77. The quantitative estimate of drug-likeness (QED) is 0.175. The topological polar surface area (TPSA) is 163 Å². The highest BCUT2D eigenvalue weighted by Crippen LogP contribution is 2.17. The van der Waals surface area contributed by atoms with Gasteiger partial charge in [-0.1, -0.05) is 19.9 Å². The summed E-state index contributed by atoms with van der Waals surface area (Å²) in [5.74, 6) is -2.67. The third-order valence-electron chi connectivity index (χ3n) is 5.24. The van der Waals surface area contributed by atoms with Crippen molar-refractivity contribution in [1.29, 1.82) is 0 Å². The number of aliphatic hydroxyl groups is 1. The summed E-state index contributed by atoms with van der Waals surface area (Å²) < 4.78 is 4.89. The number of esters is 1. The van der Waals surface area contributed by atoms with E-state index in [9.17, 15) is 29.1 Å². The number of amides is 4. The lowest BCUT2D eigenvalue weighted by Crippen LogP contribution is -2.57. The van der Waals surface area contributed by atoms with E-state index in [1.807, 2.05) is 13.8 Å². The Bertz CT molecular complexity index is 766. The van der Waals surface area contributed by atoms with Gasteiger partial charge in [0.05, 0.1) is 12.7 Å². The van der Waals surface area contributed by atoms with Crippen molar-refractivity contribution < 1.29 is 33.8 Å². The number of hydrogen-bond donors (Lipinski definition) is 5. The molecule has 1 aliphatic rings. The molecule has 1 heterocycles. The summed E-state index contributed by atoms with van der Waals surface area (Å²) in [5.41, 5.74) is 0. The molecule has 1 fully saturated rings. The number of nitrogens with one attached hydrogen (secondary N) is 4. The Hall–Kier alpha value is -2.95. The average molecular weight is 483 g/mol. The largest absolute Gasteiger partial charge is 0.463 e. The minimum absolute atomic E-state index is 0.0379. The molecule has 11 nitrogen and oxygen atoms in total. The van der Waals surface area contributed by atoms with Gasteiger partial charge in [-0.15, -0.1) is 0 Å². The lowest BCUT2D eigenvalue weighted by molar-refractivity contribution is -0.137. The Morgan fingerprint density at radius 1 is 1.15 bits per heavy atom. The van der Waals surface area contributed by atoms with Gasteiger partial charge in [-0.05, 0) is 39.0 Å². The third kappa shape index (κ3) is 10.3. The monoisotopic (exact) mass is 482 g/mol. The molecule has 0 aromatic heterocycles. The second-order valence-electron chi connectivity index (χ2n) is 8.85. The molecular weight excluding hydrogens is 444 g/mol. The van der Waals surface area contributed by atoms with Gasteiger partial charge in [0, 0.05) is 31.5 Å². The summed E-state index contributed by atoms with van der Waals surface area (Å²) in [6.07, 6.45) is 2.69. The standard InChI is InChI=1S/C23H38N4O7/c1-6-34-19(30)8-7-17(12-16-9-10-24-21(16)31)26-22(32)18(11-13(2)3)27-23(33)20(14(4)28)25-15(5)29/h7-8,13-14,16-18,20,28H,6,9-12H2,1-5H3,(H,24,31)(H,25,29)(H,26,32)(H,27,33)/b8-7+. The fourth-order valence-electron chi connectivity index (χ4n) is 3.62. The Labute approximate surface area is 200 Å². The fraction of sp³-hybridized carbons (Fsp3) is 0.696. The van der Waals surface area contributed by atoms with Crippen LogP contribution >= 0.6 is 0 Å². The summed E-state index contributed by atoms with van der Waals surface area (Å²) >= 11 is 0. The van der Waals surface area contributed by atoms with E-state index in [0.717, 1.165) is 0 Å². The first-order chi connectivity index (χ1) is 15.9. The lowest BCUT2D eigenvalue weighted by atomic mass is 9.96. The second kappa shape index (κ2) is 14.3. The molecule has 11 heteroatoms. The van der Waals surface area contributed by atoms with Gasteiger partial charge in [0.15, 0.2) is 0 Å². The maximum atomic E-state index is 13.1. The van der Waals surface area contributed by atoms with Crippen LogP contribution in [-0.2, 0) is 28.7 Å². The summed E-state index contributed by atoms with van der Waals surface area (Å²) in [7, 11) is 0.